The maximum Gasteiger partial charge on any atom is 0.127 e. The van der Waals surface area contributed by atoms with Crippen LogP contribution in [0.15, 0.2) is 18.2 Å². The van der Waals surface area contributed by atoms with Gasteiger partial charge in [-0.25, -0.2) is 0 Å². The Kier molecular flexibility index (Phi) is 3.96. The molecule has 3 nitrogen and oxygen atoms in total. The first kappa shape index (κ1) is 11.6. The third-order valence-electron chi connectivity index (χ3n) is 2.56. The molecule has 1 aliphatic rings. The van der Waals surface area contributed by atoms with Crippen LogP contribution in [0.4, 0.5) is 0 Å². The van der Waals surface area contributed by atoms with Gasteiger partial charge in [0.05, 0.1) is 12.6 Å². The van der Waals surface area contributed by atoms with Crippen LogP contribution in [0.2, 0.25) is 0 Å². The number of nitrogens with two attached hydrogens (primary N) is 1. The number of ether oxygens (including phenoxy) is 2. The van der Waals surface area contributed by atoms with E-state index in [1.165, 1.54) is 0 Å². The normalized spacial score (nSPS) is 18.0. The van der Waals surface area contributed by atoms with Gasteiger partial charge in [0.25, 0.3) is 0 Å². The van der Waals surface area contributed by atoms with Gasteiger partial charge in [0, 0.05) is 11.6 Å². The summed E-state index contributed by atoms with van der Waals surface area (Å²) in [5.74, 6) is 2.87. The van der Waals surface area contributed by atoms with Crippen LogP contribution in [0.1, 0.15) is 18.0 Å². The van der Waals surface area contributed by atoms with Crippen molar-refractivity contribution in [3.63, 3.8) is 0 Å². The van der Waals surface area contributed by atoms with Gasteiger partial charge in [-0.3, -0.25) is 0 Å². The summed E-state index contributed by atoms with van der Waals surface area (Å²) in [4.78, 5) is 0. The molecular weight excluding hydrogens is 222 g/mol. The van der Waals surface area contributed by atoms with E-state index in [9.17, 15) is 0 Å². The highest BCUT2D eigenvalue weighted by atomic mass is 32.2. The molecule has 16 heavy (non-hydrogen) atoms. The summed E-state index contributed by atoms with van der Waals surface area (Å²) in [5.41, 5.74) is 6.95. The van der Waals surface area contributed by atoms with E-state index in [1.54, 1.807) is 0 Å². The topological polar surface area (TPSA) is 44.5 Å². The molecule has 0 saturated heterocycles. The van der Waals surface area contributed by atoms with E-state index in [0.29, 0.717) is 6.61 Å². The van der Waals surface area contributed by atoms with Crippen molar-refractivity contribution < 1.29 is 9.47 Å². The lowest BCUT2D eigenvalue weighted by Gasteiger charge is -2.07. The SMILES string of the molecule is CSCCCOc1ccc2c(c1)OCC2N. The van der Waals surface area contributed by atoms with Gasteiger partial charge in [-0.2, -0.15) is 11.8 Å². The average Bonchev–Trinajstić information content (AvgIpc) is 2.66. The van der Waals surface area contributed by atoms with Crippen LogP contribution in [0, 0.1) is 0 Å². The van der Waals surface area contributed by atoms with Gasteiger partial charge < -0.3 is 15.2 Å². The van der Waals surface area contributed by atoms with Gasteiger partial charge in [0.1, 0.15) is 18.1 Å². The lowest BCUT2D eigenvalue weighted by Crippen LogP contribution is -2.10. The van der Waals surface area contributed by atoms with Gasteiger partial charge in [-0.15, -0.1) is 0 Å². The standard InChI is InChI=1S/C12H17NO2S/c1-16-6-2-5-14-9-3-4-10-11(13)8-15-12(10)7-9/h3-4,7,11H,2,5-6,8,13H2,1H3. The molecule has 4 heteroatoms. The first-order valence-electron chi connectivity index (χ1n) is 5.45. The predicted octanol–water partition coefficient (Wildman–Crippen LogP) is 2.21. The molecule has 0 spiro atoms. The maximum absolute atomic E-state index is 5.87. The van der Waals surface area contributed by atoms with E-state index in [4.69, 9.17) is 15.2 Å². The summed E-state index contributed by atoms with van der Waals surface area (Å²) >= 11 is 1.84. The summed E-state index contributed by atoms with van der Waals surface area (Å²) in [6.07, 6.45) is 3.17. The summed E-state index contributed by atoms with van der Waals surface area (Å²) in [6.45, 7) is 1.33. The molecule has 1 atom stereocenters. The fourth-order valence-electron chi connectivity index (χ4n) is 1.70. The Hall–Kier alpha value is -0.870. The van der Waals surface area contributed by atoms with Crippen LogP contribution >= 0.6 is 11.8 Å². The molecule has 0 saturated carbocycles. The Morgan fingerprint density at radius 1 is 1.56 bits per heavy atom. The molecule has 2 rings (SSSR count). The number of rotatable bonds is 5. The molecule has 0 aromatic heterocycles. The van der Waals surface area contributed by atoms with Crippen molar-refractivity contribution in [1.29, 1.82) is 0 Å². The molecule has 1 aliphatic heterocycles. The van der Waals surface area contributed by atoms with Gasteiger partial charge in [0.2, 0.25) is 0 Å². The van der Waals surface area contributed by atoms with Gasteiger partial charge >= 0.3 is 0 Å². The molecule has 0 radical (unpaired) electrons. The van der Waals surface area contributed by atoms with Crippen molar-refractivity contribution in [2.75, 3.05) is 25.2 Å². The summed E-state index contributed by atoms with van der Waals surface area (Å²) < 4.78 is 11.1. The Morgan fingerprint density at radius 2 is 2.44 bits per heavy atom. The molecular formula is C12H17NO2S. The fraction of sp³-hybridized carbons (Fsp3) is 0.500. The molecule has 0 fully saturated rings. The largest absolute Gasteiger partial charge is 0.493 e. The monoisotopic (exact) mass is 239 g/mol. The Morgan fingerprint density at radius 3 is 3.25 bits per heavy atom. The van der Waals surface area contributed by atoms with Crippen LogP contribution < -0.4 is 15.2 Å². The molecule has 0 aliphatic carbocycles. The second kappa shape index (κ2) is 5.46. The van der Waals surface area contributed by atoms with Crippen LogP contribution in [0.5, 0.6) is 11.5 Å². The predicted molar refractivity (Wildman–Crippen MR) is 67.4 cm³/mol. The molecule has 1 unspecified atom stereocenters. The highest BCUT2D eigenvalue weighted by Crippen LogP contribution is 2.33. The van der Waals surface area contributed by atoms with E-state index >= 15 is 0 Å². The summed E-state index contributed by atoms with van der Waals surface area (Å²) in [7, 11) is 0. The number of hydrogen-bond donors (Lipinski definition) is 1. The molecule has 88 valence electrons. The van der Waals surface area contributed by atoms with E-state index in [1.807, 2.05) is 30.0 Å². The zero-order chi connectivity index (χ0) is 11.4. The Balaban J connectivity index is 1.92. The number of benzene rings is 1. The van der Waals surface area contributed by atoms with E-state index in [2.05, 4.69) is 6.26 Å². The zero-order valence-electron chi connectivity index (χ0n) is 9.44. The Labute approximate surface area is 100 Å². The molecule has 1 aromatic carbocycles. The fourth-order valence-corrected chi connectivity index (χ4v) is 2.10. The maximum atomic E-state index is 5.87. The minimum Gasteiger partial charge on any atom is -0.493 e. The third-order valence-corrected chi connectivity index (χ3v) is 3.26. The van der Waals surface area contributed by atoms with Crippen LogP contribution in [-0.4, -0.2) is 25.2 Å². The average molecular weight is 239 g/mol. The third kappa shape index (κ3) is 2.62. The molecule has 0 amide bonds. The van der Waals surface area contributed by atoms with Crippen LogP contribution in [0.25, 0.3) is 0 Å². The van der Waals surface area contributed by atoms with Crippen molar-refractivity contribution in [2.45, 2.75) is 12.5 Å². The van der Waals surface area contributed by atoms with Gasteiger partial charge in [-0.05, 0) is 30.6 Å². The van der Waals surface area contributed by atoms with E-state index in [-0.39, 0.29) is 6.04 Å². The number of thioether (sulfide) groups is 1. The van der Waals surface area contributed by atoms with Crippen molar-refractivity contribution in [1.82, 2.24) is 0 Å². The second-order valence-corrected chi connectivity index (χ2v) is 4.80. The summed E-state index contributed by atoms with van der Waals surface area (Å²) in [6, 6.07) is 5.91. The van der Waals surface area contributed by atoms with E-state index in [0.717, 1.165) is 35.8 Å². The first-order chi connectivity index (χ1) is 7.81. The van der Waals surface area contributed by atoms with Crippen molar-refractivity contribution in [3.05, 3.63) is 23.8 Å². The molecule has 1 heterocycles. The Bertz CT molecular complexity index is 357. The number of fused-ring (bicyclic) bond motifs is 1. The van der Waals surface area contributed by atoms with E-state index < -0.39 is 0 Å². The molecule has 0 bridgehead atoms. The second-order valence-electron chi connectivity index (χ2n) is 3.81. The lowest BCUT2D eigenvalue weighted by atomic mass is 10.1. The minimum atomic E-state index is 0.0144. The van der Waals surface area contributed by atoms with Gasteiger partial charge in [0.15, 0.2) is 0 Å². The zero-order valence-corrected chi connectivity index (χ0v) is 10.3. The lowest BCUT2D eigenvalue weighted by molar-refractivity contribution is 0.311. The highest BCUT2D eigenvalue weighted by Gasteiger charge is 2.20. The molecule has 1 aromatic rings. The van der Waals surface area contributed by atoms with Crippen molar-refractivity contribution in [2.24, 2.45) is 5.73 Å². The smallest absolute Gasteiger partial charge is 0.127 e. The number of hydrogen-bond acceptors (Lipinski definition) is 4. The molecule has 2 N–H and O–H groups in total. The van der Waals surface area contributed by atoms with Crippen molar-refractivity contribution in [3.8, 4) is 11.5 Å². The minimum absolute atomic E-state index is 0.0144. The van der Waals surface area contributed by atoms with Crippen molar-refractivity contribution >= 4 is 11.8 Å². The van der Waals surface area contributed by atoms with Crippen LogP contribution in [0.3, 0.4) is 0 Å². The first-order valence-corrected chi connectivity index (χ1v) is 6.84. The van der Waals surface area contributed by atoms with Gasteiger partial charge in [-0.1, -0.05) is 0 Å². The van der Waals surface area contributed by atoms with Crippen LogP contribution in [-0.2, 0) is 0 Å². The summed E-state index contributed by atoms with van der Waals surface area (Å²) in [5, 5.41) is 0. The highest BCUT2D eigenvalue weighted by molar-refractivity contribution is 7.98. The quantitative estimate of drug-likeness (QED) is 0.800.